The number of likely N-dealkylation sites (tertiary alicyclic amines) is 1. The molecule has 0 aromatic carbocycles. The van der Waals surface area contributed by atoms with E-state index in [2.05, 4.69) is 22.1 Å². The molecule has 1 fully saturated rings. The number of carbonyl (C=O) groups excluding carboxylic acids is 1. The van der Waals surface area contributed by atoms with Gasteiger partial charge in [0.15, 0.2) is 5.13 Å². The smallest absolute Gasteiger partial charge is 0.243 e. The highest BCUT2D eigenvalue weighted by molar-refractivity contribution is 7.13. The lowest BCUT2D eigenvalue weighted by atomic mass is 9.99. The number of hydrogen-bond donors (Lipinski definition) is 2. The third-order valence-corrected chi connectivity index (χ3v) is 5.41. The van der Waals surface area contributed by atoms with E-state index in [1.54, 1.807) is 0 Å². The minimum atomic E-state index is -0.471. The maximum atomic E-state index is 12.1. The Balaban J connectivity index is 1.85. The Hall–Kier alpha value is -0.980. The summed E-state index contributed by atoms with van der Waals surface area (Å²) in [5, 5.41) is 5.53. The molecule has 6 heteroatoms. The molecule has 3 N–H and O–H groups in total. The van der Waals surface area contributed by atoms with Crippen molar-refractivity contribution in [3.63, 3.8) is 0 Å². The molecule has 1 aromatic rings. The summed E-state index contributed by atoms with van der Waals surface area (Å²) in [6.07, 6.45) is 3.42. The summed E-state index contributed by atoms with van der Waals surface area (Å²) in [6.45, 7) is 9.50. The number of hydrogen-bond acceptors (Lipinski definition) is 5. The van der Waals surface area contributed by atoms with Gasteiger partial charge in [0.2, 0.25) is 5.91 Å². The molecule has 1 aromatic heterocycles. The normalized spacial score (nSPS) is 19.8. The summed E-state index contributed by atoms with van der Waals surface area (Å²) in [7, 11) is 0. The second-order valence-electron chi connectivity index (χ2n) is 6.50. The Morgan fingerprint density at radius 3 is 2.86 bits per heavy atom. The number of nitrogens with two attached hydrogens (primary N) is 1. The molecular weight excluding hydrogens is 296 g/mol. The van der Waals surface area contributed by atoms with E-state index in [4.69, 9.17) is 5.73 Å². The molecule has 1 amide bonds. The fourth-order valence-corrected chi connectivity index (χ4v) is 3.29. The third-order valence-electron chi connectivity index (χ3n) is 4.60. The van der Waals surface area contributed by atoms with Crippen LogP contribution in [0.3, 0.4) is 0 Å². The van der Waals surface area contributed by atoms with Crippen LogP contribution < -0.4 is 11.1 Å². The van der Waals surface area contributed by atoms with Crippen molar-refractivity contribution in [2.24, 2.45) is 17.6 Å². The number of aromatic nitrogens is 1. The summed E-state index contributed by atoms with van der Waals surface area (Å²) < 4.78 is 0. The zero-order valence-electron chi connectivity index (χ0n) is 13.8. The van der Waals surface area contributed by atoms with Crippen molar-refractivity contribution in [3.8, 4) is 0 Å². The molecule has 2 rings (SSSR count). The van der Waals surface area contributed by atoms with Crippen molar-refractivity contribution < 1.29 is 4.79 Å². The van der Waals surface area contributed by atoms with Crippen LogP contribution in [0.1, 0.15) is 45.7 Å². The monoisotopic (exact) mass is 324 g/mol. The molecule has 124 valence electrons. The molecule has 0 aliphatic carbocycles. The van der Waals surface area contributed by atoms with E-state index in [9.17, 15) is 4.79 Å². The van der Waals surface area contributed by atoms with Gasteiger partial charge in [-0.15, -0.1) is 11.3 Å². The average Bonchev–Trinajstić information content (AvgIpc) is 2.95. The molecule has 5 nitrogen and oxygen atoms in total. The van der Waals surface area contributed by atoms with Crippen LogP contribution in [-0.2, 0) is 11.3 Å². The number of anilines is 1. The van der Waals surface area contributed by atoms with Crippen LogP contribution in [0.15, 0.2) is 5.38 Å². The van der Waals surface area contributed by atoms with Crippen molar-refractivity contribution in [2.45, 2.75) is 52.6 Å². The summed E-state index contributed by atoms with van der Waals surface area (Å²) in [5.74, 6) is 0.875. The van der Waals surface area contributed by atoms with Gasteiger partial charge in [0, 0.05) is 11.9 Å². The number of nitrogens with one attached hydrogen (secondary N) is 1. The molecule has 0 radical (unpaired) electrons. The zero-order valence-corrected chi connectivity index (χ0v) is 14.7. The van der Waals surface area contributed by atoms with Crippen LogP contribution in [0, 0.1) is 11.8 Å². The summed E-state index contributed by atoms with van der Waals surface area (Å²) in [6, 6.07) is -0.471. The summed E-state index contributed by atoms with van der Waals surface area (Å²) >= 11 is 1.48. The summed E-state index contributed by atoms with van der Waals surface area (Å²) in [5.41, 5.74) is 6.98. The molecular formula is C16H28N4OS. The van der Waals surface area contributed by atoms with Crippen molar-refractivity contribution in [2.75, 3.05) is 18.4 Å². The van der Waals surface area contributed by atoms with Gasteiger partial charge in [-0.1, -0.05) is 27.2 Å². The number of nitrogens with zero attached hydrogens (tertiary/aromatic N) is 2. The number of carbonyl (C=O) groups is 1. The second-order valence-corrected chi connectivity index (χ2v) is 7.36. The highest BCUT2D eigenvalue weighted by Crippen LogP contribution is 2.21. The lowest BCUT2D eigenvalue weighted by Gasteiger charge is -2.29. The van der Waals surface area contributed by atoms with Crippen LogP contribution in [0.25, 0.3) is 0 Å². The van der Waals surface area contributed by atoms with E-state index in [0.29, 0.717) is 5.13 Å². The number of piperidine rings is 1. The first-order chi connectivity index (χ1) is 10.5. The highest BCUT2D eigenvalue weighted by atomic mass is 32.1. The highest BCUT2D eigenvalue weighted by Gasteiger charge is 2.21. The van der Waals surface area contributed by atoms with Gasteiger partial charge >= 0.3 is 0 Å². The van der Waals surface area contributed by atoms with E-state index in [1.807, 2.05) is 19.2 Å². The van der Waals surface area contributed by atoms with Crippen LogP contribution >= 0.6 is 11.3 Å². The largest absolute Gasteiger partial charge is 0.320 e. The minimum absolute atomic E-state index is 0.137. The lowest BCUT2D eigenvalue weighted by molar-refractivity contribution is -0.118. The molecule has 1 aliphatic heterocycles. The van der Waals surface area contributed by atoms with Crippen LogP contribution in [0.2, 0.25) is 0 Å². The Morgan fingerprint density at radius 1 is 1.55 bits per heavy atom. The van der Waals surface area contributed by atoms with Crippen molar-refractivity contribution >= 4 is 22.4 Å². The van der Waals surface area contributed by atoms with Gasteiger partial charge in [-0.2, -0.15) is 0 Å². The lowest BCUT2D eigenvalue weighted by Crippen LogP contribution is -2.40. The number of thiazole rings is 1. The maximum Gasteiger partial charge on any atom is 0.243 e. The maximum absolute atomic E-state index is 12.1. The van der Waals surface area contributed by atoms with Crippen LogP contribution in [0.4, 0.5) is 5.13 Å². The van der Waals surface area contributed by atoms with Gasteiger partial charge in [0.1, 0.15) is 0 Å². The predicted octanol–water partition coefficient (Wildman–Crippen LogP) is 2.69. The van der Waals surface area contributed by atoms with Gasteiger partial charge in [-0.3, -0.25) is 9.69 Å². The van der Waals surface area contributed by atoms with Crippen molar-refractivity contribution in [3.05, 3.63) is 11.1 Å². The zero-order chi connectivity index (χ0) is 16.1. The third kappa shape index (κ3) is 4.76. The minimum Gasteiger partial charge on any atom is -0.320 e. The van der Waals surface area contributed by atoms with Crippen LogP contribution in [-0.4, -0.2) is 34.9 Å². The van der Waals surface area contributed by atoms with Crippen molar-refractivity contribution in [1.82, 2.24) is 9.88 Å². The van der Waals surface area contributed by atoms with Gasteiger partial charge < -0.3 is 11.1 Å². The number of rotatable bonds is 6. The first kappa shape index (κ1) is 17.4. The SMILES string of the molecule is CCC(C)C(N)C(=O)Nc1nc(CN2CCC(C)CC2)cs1. The Bertz CT molecular complexity index is 482. The summed E-state index contributed by atoms with van der Waals surface area (Å²) in [4.78, 5) is 19.0. The van der Waals surface area contributed by atoms with E-state index < -0.39 is 6.04 Å². The standard InChI is InChI=1S/C16H28N4OS/c1-4-12(3)14(17)15(21)19-16-18-13(10-22-16)9-20-7-5-11(2)6-8-20/h10-12,14H,4-9,17H2,1-3H3,(H,18,19,21). The Morgan fingerprint density at radius 2 is 2.23 bits per heavy atom. The molecule has 2 unspecified atom stereocenters. The van der Waals surface area contributed by atoms with Crippen LogP contribution in [0.5, 0.6) is 0 Å². The quantitative estimate of drug-likeness (QED) is 0.844. The number of amides is 1. The molecule has 1 saturated heterocycles. The molecule has 2 heterocycles. The predicted molar refractivity (Wildman–Crippen MR) is 91.8 cm³/mol. The van der Waals surface area contributed by atoms with Gasteiger partial charge in [0.25, 0.3) is 0 Å². The topological polar surface area (TPSA) is 71.2 Å². The first-order valence-corrected chi connectivity index (χ1v) is 9.10. The van der Waals surface area contributed by atoms with E-state index in [1.165, 1.54) is 24.2 Å². The van der Waals surface area contributed by atoms with Crippen molar-refractivity contribution in [1.29, 1.82) is 0 Å². The Kier molecular flexibility index (Phi) is 6.35. The average molecular weight is 324 g/mol. The van der Waals surface area contributed by atoms with Gasteiger partial charge in [-0.25, -0.2) is 4.98 Å². The van der Waals surface area contributed by atoms with E-state index in [0.717, 1.165) is 37.7 Å². The van der Waals surface area contributed by atoms with Gasteiger partial charge in [-0.05, 0) is 37.8 Å². The second kappa shape index (κ2) is 8.04. The molecule has 0 bridgehead atoms. The van der Waals surface area contributed by atoms with Gasteiger partial charge in [0.05, 0.1) is 11.7 Å². The molecule has 1 aliphatic rings. The molecule has 2 atom stereocenters. The molecule has 0 saturated carbocycles. The molecule has 22 heavy (non-hydrogen) atoms. The van der Waals surface area contributed by atoms with E-state index in [-0.39, 0.29) is 11.8 Å². The fourth-order valence-electron chi connectivity index (χ4n) is 2.59. The molecule has 0 spiro atoms. The fraction of sp³-hybridized carbons (Fsp3) is 0.750. The van der Waals surface area contributed by atoms with E-state index >= 15 is 0 Å². The Labute approximate surface area is 137 Å². The first-order valence-electron chi connectivity index (χ1n) is 8.22.